The molecule has 1 aliphatic heterocycles. The number of nitrogens with zero attached hydrogens (tertiary/aromatic N) is 1. The highest BCUT2D eigenvalue weighted by molar-refractivity contribution is 4.79. The third-order valence-corrected chi connectivity index (χ3v) is 2.92. The van der Waals surface area contributed by atoms with E-state index in [1.54, 1.807) is 0 Å². The van der Waals surface area contributed by atoms with Gasteiger partial charge in [-0.25, -0.2) is 0 Å². The van der Waals surface area contributed by atoms with Crippen LogP contribution in [0.4, 0.5) is 0 Å². The van der Waals surface area contributed by atoms with Gasteiger partial charge >= 0.3 is 0 Å². The Kier molecular flexibility index (Phi) is 6.28. The Morgan fingerprint density at radius 2 is 2.25 bits per heavy atom. The van der Waals surface area contributed by atoms with Crippen molar-refractivity contribution in [1.82, 2.24) is 4.90 Å². The summed E-state index contributed by atoms with van der Waals surface area (Å²) >= 11 is 0. The molecule has 2 unspecified atom stereocenters. The minimum Gasteiger partial charge on any atom is -0.388 e. The Hall–Kier alpha value is -0.160. The second-order valence-electron chi connectivity index (χ2n) is 4.64. The van der Waals surface area contributed by atoms with Gasteiger partial charge in [0.15, 0.2) is 0 Å². The van der Waals surface area contributed by atoms with E-state index in [-0.39, 0.29) is 6.10 Å². The minimum atomic E-state index is -0.506. The zero-order chi connectivity index (χ0) is 12.0. The first-order chi connectivity index (χ1) is 7.65. The fraction of sp³-hybridized carbons (Fsp3) is 1.00. The monoisotopic (exact) mass is 231 g/mol. The van der Waals surface area contributed by atoms with Crippen molar-refractivity contribution in [3.05, 3.63) is 0 Å². The van der Waals surface area contributed by atoms with E-state index in [1.807, 2.05) is 0 Å². The molecule has 0 amide bonds. The molecule has 1 fully saturated rings. The van der Waals surface area contributed by atoms with Gasteiger partial charge in [0.2, 0.25) is 0 Å². The fourth-order valence-corrected chi connectivity index (χ4v) is 1.85. The van der Waals surface area contributed by atoms with E-state index in [9.17, 15) is 5.11 Å². The molecular formula is C12H25NO3. The second-order valence-corrected chi connectivity index (χ2v) is 4.64. The first-order valence-electron chi connectivity index (χ1n) is 6.26. The zero-order valence-electron chi connectivity index (χ0n) is 10.7. The number of hydrogen-bond acceptors (Lipinski definition) is 4. The summed E-state index contributed by atoms with van der Waals surface area (Å²) in [6.07, 6.45) is 0.372. The Morgan fingerprint density at radius 1 is 1.50 bits per heavy atom. The van der Waals surface area contributed by atoms with Gasteiger partial charge in [0.05, 0.1) is 19.3 Å². The van der Waals surface area contributed by atoms with Crippen LogP contribution in [0.15, 0.2) is 0 Å². The van der Waals surface area contributed by atoms with E-state index < -0.39 is 6.10 Å². The van der Waals surface area contributed by atoms with Crippen LogP contribution in [0.25, 0.3) is 0 Å². The number of morpholine rings is 1. The van der Waals surface area contributed by atoms with E-state index in [2.05, 4.69) is 25.7 Å². The highest BCUT2D eigenvalue weighted by Gasteiger charge is 2.27. The van der Waals surface area contributed by atoms with Crippen molar-refractivity contribution < 1.29 is 14.6 Å². The van der Waals surface area contributed by atoms with Gasteiger partial charge in [0.25, 0.3) is 0 Å². The summed E-state index contributed by atoms with van der Waals surface area (Å²) < 4.78 is 10.9. The highest BCUT2D eigenvalue weighted by atomic mass is 16.5. The van der Waals surface area contributed by atoms with Crippen LogP contribution in [0.5, 0.6) is 0 Å². The molecule has 0 bridgehead atoms. The second kappa shape index (κ2) is 7.22. The van der Waals surface area contributed by atoms with Crippen LogP contribution in [0.1, 0.15) is 27.2 Å². The molecule has 96 valence electrons. The van der Waals surface area contributed by atoms with Crippen LogP contribution in [-0.4, -0.2) is 61.2 Å². The van der Waals surface area contributed by atoms with E-state index in [0.717, 1.165) is 19.5 Å². The third-order valence-electron chi connectivity index (χ3n) is 2.92. The number of ether oxygens (including phenoxy) is 2. The lowest BCUT2D eigenvalue weighted by Crippen LogP contribution is -2.51. The molecule has 0 aliphatic carbocycles. The predicted molar refractivity (Wildman–Crippen MR) is 63.6 cm³/mol. The Morgan fingerprint density at radius 3 is 2.88 bits per heavy atom. The van der Waals surface area contributed by atoms with Crippen LogP contribution in [0.2, 0.25) is 0 Å². The summed E-state index contributed by atoms with van der Waals surface area (Å²) in [7, 11) is 0. The highest BCUT2D eigenvalue weighted by Crippen LogP contribution is 2.12. The van der Waals surface area contributed by atoms with Gasteiger partial charge in [-0.1, -0.05) is 6.92 Å². The van der Waals surface area contributed by atoms with Crippen molar-refractivity contribution in [2.45, 2.75) is 45.4 Å². The van der Waals surface area contributed by atoms with Gasteiger partial charge in [-0.3, -0.25) is 4.90 Å². The maximum Gasteiger partial charge on any atom is 0.105 e. The van der Waals surface area contributed by atoms with Gasteiger partial charge in [0.1, 0.15) is 6.10 Å². The molecule has 1 N–H and O–H groups in total. The van der Waals surface area contributed by atoms with E-state index in [1.165, 1.54) is 0 Å². The normalized spacial score (nSPS) is 24.9. The van der Waals surface area contributed by atoms with Crippen molar-refractivity contribution in [2.24, 2.45) is 0 Å². The molecule has 0 saturated carbocycles. The van der Waals surface area contributed by atoms with Crippen LogP contribution in [0.3, 0.4) is 0 Å². The van der Waals surface area contributed by atoms with Crippen molar-refractivity contribution >= 4 is 0 Å². The van der Waals surface area contributed by atoms with E-state index in [0.29, 0.717) is 25.9 Å². The van der Waals surface area contributed by atoms with Crippen LogP contribution in [-0.2, 0) is 9.47 Å². The maximum atomic E-state index is 9.92. The van der Waals surface area contributed by atoms with Gasteiger partial charge in [0, 0.05) is 25.7 Å². The maximum absolute atomic E-state index is 9.92. The van der Waals surface area contributed by atoms with Crippen LogP contribution < -0.4 is 0 Å². The standard InChI is InChI=1S/C12H25NO3/c1-4-6-15-9-11(14)12-8-13(10(2)3)5-7-16-12/h10-12,14H,4-9H2,1-3H3. The number of aliphatic hydroxyl groups is 1. The lowest BCUT2D eigenvalue weighted by Gasteiger charge is -2.37. The first-order valence-corrected chi connectivity index (χ1v) is 6.26. The van der Waals surface area contributed by atoms with Gasteiger partial charge in [-0.15, -0.1) is 0 Å². The molecule has 1 saturated heterocycles. The molecule has 0 spiro atoms. The van der Waals surface area contributed by atoms with E-state index >= 15 is 0 Å². The Balaban J connectivity index is 2.29. The molecule has 0 aromatic carbocycles. The molecular weight excluding hydrogens is 206 g/mol. The molecule has 1 heterocycles. The average molecular weight is 231 g/mol. The largest absolute Gasteiger partial charge is 0.388 e. The third kappa shape index (κ3) is 4.37. The molecule has 0 aromatic rings. The van der Waals surface area contributed by atoms with Crippen molar-refractivity contribution in [3.8, 4) is 0 Å². The Labute approximate surface area is 98.5 Å². The molecule has 1 rings (SSSR count). The van der Waals surface area contributed by atoms with E-state index in [4.69, 9.17) is 9.47 Å². The molecule has 16 heavy (non-hydrogen) atoms. The minimum absolute atomic E-state index is 0.104. The van der Waals surface area contributed by atoms with Crippen LogP contribution in [0, 0.1) is 0 Å². The summed E-state index contributed by atoms with van der Waals surface area (Å²) in [6.45, 7) is 9.94. The SMILES string of the molecule is CCCOCC(O)C1CN(C(C)C)CCO1. The topological polar surface area (TPSA) is 41.9 Å². The van der Waals surface area contributed by atoms with Crippen molar-refractivity contribution in [3.63, 3.8) is 0 Å². The number of rotatable bonds is 6. The molecule has 4 heteroatoms. The molecule has 0 aromatic heterocycles. The summed E-state index contributed by atoms with van der Waals surface area (Å²) in [6, 6.07) is 0.509. The summed E-state index contributed by atoms with van der Waals surface area (Å²) in [5, 5.41) is 9.92. The predicted octanol–water partition coefficient (Wildman–Crippen LogP) is 0.883. The molecule has 0 radical (unpaired) electrons. The fourth-order valence-electron chi connectivity index (χ4n) is 1.85. The van der Waals surface area contributed by atoms with Crippen molar-refractivity contribution in [2.75, 3.05) is 32.9 Å². The number of aliphatic hydroxyl groups excluding tert-OH is 1. The van der Waals surface area contributed by atoms with Gasteiger partial charge < -0.3 is 14.6 Å². The average Bonchev–Trinajstić information content (AvgIpc) is 2.29. The summed E-state index contributed by atoms with van der Waals surface area (Å²) in [5.74, 6) is 0. The summed E-state index contributed by atoms with van der Waals surface area (Å²) in [4.78, 5) is 2.33. The smallest absolute Gasteiger partial charge is 0.105 e. The van der Waals surface area contributed by atoms with Gasteiger partial charge in [-0.05, 0) is 20.3 Å². The quantitative estimate of drug-likeness (QED) is 0.689. The molecule has 1 aliphatic rings. The molecule has 4 nitrogen and oxygen atoms in total. The van der Waals surface area contributed by atoms with Crippen molar-refractivity contribution in [1.29, 1.82) is 0 Å². The zero-order valence-corrected chi connectivity index (χ0v) is 10.7. The van der Waals surface area contributed by atoms with Crippen LogP contribution >= 0.6 is 0 Å². The van der Waals surface area contributed by atoms with Gasteiger partial charge in [-0.2, -0.15) is 0 Å². The first kappa shape index (κ1) is 13.9. The lowest BCUT2D eigenvalue weighted by atomic mass is 10.1. The number of hydrogen-bond donors (Lipinski definition) is 1. The lowest BCUT2D eigenvalue weighted by molar-refractivity contribution is -0.114. The Bertz CT molecular complexity index is 187. The summed E-state index contributed by atoms with van der Waals surface area (Å²) in [5.41, 5.74) is 0. The molecule has 2 atom stereocenters.